The zero-order chi connectivity index (χ0) is 13.6. The van der Waals surface area contributed by atoms with Gasteiger partial charge in [-0.1, -0.05) is 13.8 Å². The summed E-state index contributed by atoms with van der Waals surface area (Å²) in [6.45, 7) is 3.68. The van der Waals surface area contributed by atoms with Crippen LogP contribution in [0, 0.1) is 5.92 Å². The summed E-state index contributed by atoms with van der Waals surface area (Å²) < 4.78 is 26.6. The van der Waals surface area contributed by atoms with Gasteiger partial charge in [-0.25, -0.2) is 4.72 Å². The van der Waals surface area contributed by atoms with Crippen LogP contribution in [-0.2, 0) is 19.8 Å². The van der Waals surface area contributed by atoms with Gasteiger partial charge in [-0.05, 0) is 5.92 Å². The summed E-state index contributed by atoms with van der Waals surface area (Å²) in [5, 5.41) is 17.1. The van der Waals surface area contributed by atoms with Crippen LogP contribution in [0.3, 0.4) is 0 Å². The molecule has 0 unspecified atom stereocenters. The second-order valence-corrected chi connectivity index (χ2v) is 5.38. The maximum atomic E-state index is 11.4. The largest absolute Gasteiger partial charge is 0.481 e. The van der Waals surface area contributed by atoms with Gasteiger partial charge in [0.1, 0.15) is 6.04 Å². The van der Waals surface area contributed by atoms with E-state index in [-0.39, 0.29) is 12.5 Å². The molecule has 17 heavy (non-hydrogen) atoms. The van der Waals surface area contributed by atoms with Crippen LogP contribution in [0.2, 0.25) is 0 Å². The van der Waals surface area contributed by atoms with E-state index in [1.54, 1.807) is 18.6 Å². The number of rotatable bonds is 8. The summed E-state index contributed by atoms with van der Waals surface area (Å²) in [7, 11) is -4.01. The first kappa shape index (κ1) is 15.8. The zero-order valence-corrected chi connectivity index (χ0v) is 10.3. The normalized spacial score (nSPS) is 13.6. The van der Waals surface area contributed by atoms with Crippen molar-refractivity contribution in [3.8, 4) is 0 Å². The van der Waals surface area contributed by atoms with Crippen LogP contribution in [0.25, 0.3) is 0 Å². The minimum atomic E-state index is -4.01. The highest BCUT2D eigenvalue weighted by molar-refractivity contribution is 7.87. The molecule has 9 heteroatoms. The number of nitrogens with one attached hydrogen (secondary N) is 2. The highest BCUT2D eigenvalue weighted by Gasteiger charge is 2.26. The molecule has 0 radical (unpaired) electrons. The lowest BCUT2D eigenvalue weighted by atomic mass is 10.2. The van der Waals surface area contributed by atoms with Crippen molar-refractivity contribution in [3.05, 3.63) is 0 Å². The van der Waals surface area contributed by atoms with Crippen molar-refractivity contribution in [1.29, 1.82) is 0 Å². The number of carbonyl (C=O) groups is 2. The van der Waals surface area contributed by atoms with Crippen molar-refractivity contribution < 1.29 is 28.2 Å². The summed E-state index contributed by atoms with van der Waals surface area (Å²) in [4.78, 5) is 21.0. The fraction of sp³-hybridized carbons (Fsp3) is 0.750. The first-order valence-corrected chi connectivity index (χ1v) is 6.34. The maximum absolute atomic E-state index is 11.4. The van der Waals surface area contributed by atoms with Gasteiger partial charge in [-0.3, -0.25) is 9.59 Å². The van der Waals surface area contributed by atoms with Gasteiger partial charge in [0.25, 0.3) is 10.2 Å². The highest BCUT2D eigenvalue weighted by Crippen LogP contribution is 1.96. The van der Waals surface area contributed by atoms with Crippen LogP contribution in [-0.4, -0.2) is 43.2 Å². The maximum Gasteiger partial charge on any atom is 0.322 e. The Hall–Kier alpha value is -1.19. The van der Waals surface area contributed by atoms with E-state index in [4.69, 9.17) is 10.2 Å². The fourth-order valence-electron chi connectivity index (χ4n) is 0.859. The quantitative estimate of drug-likeness (QED) is 0.446. The lowest BCUT2D eigenvalue weighted by molar-refractivity contribution is -0.145. The van der Waals surface area contributed by atoms with Crippen molar-refractivity contribution >= 4 is 22.1 Å². The molecular weight excluding hydrogens is 252 g/mol. The van der Waals surface area contributed by atoms with Crippen molar-refractivity contribution in [2.45, 2.75) is 26.3 Å². The molecule has 0 rings (SSSR count). The van der Waals surface area contributed by atoms with E-state index in [0.717, 1.165) is 0 Å². The van der Waals surface area contributed by atoms with E-state index in [2.05, 4.69) is 4.72 Å². The fourth-order valence-corrected chi connectivity index (χ4v) is 2.05. The standard InChI is InChI=1S/C8H16N2O6S/c1-5(2)4-9-17(15,16)10-6(8(13)14)3-7(11)12/h5-6,9-10H,3-4H2,1-2H3,(H,11,12)(H,13,14)/t6-/m0/s1. The third-order valence-corrected chi connectivity index (χ3v) is 2.80. The molecule has 8 nitrogen and oxygen atoms in total. The number of hydrogen-bond acceptors (Lipinski definition) is 4. The molecule has 0 spiro atoms. The second kappa shape index (κ2) is 6.52. The molecule has 0 bridgehead atoms. The lowest BCUT2D eigenvalue weighted by Crippen LogP contribution is -2.48. The van der Waals surface area contributed by atoms with E-state index in [1.165, 1.54) is 0 Å². The van der Waals surface area contributed by atoms with E-state index < -0.39 is 34.6 Å². The van der Waals surface area contributed by atoms with Gasteiger partial charge < -0.3 is 10.2 Å². The molecule has 0 heterocycles. The Bertz CT molecular complexity index is 377. The Morgan fingerprint density at radius 2 is 1.76 bits per heavy atom. The summed E-state index contributed by atoms with van der Waals surface area (Å²) in [5.74, 6) is -2.89. The van der Waals surface area contributed by atoms with Gasteiger partial charge in [-0.15, -0.1) is 0 Å². The van der Waals surface area contributed by atoms with Gasteiger partial charge in [0, 0.05) is 6.54 Å². The third kappa shape index (κ3) is 7.66. The summed E-state index contributed by atoms with van der Waals surface area (Å²) >= 11 is 0. The first-order valence-electron chi connectivity index (χ1n) is 4.85. The average molecular weight is 268 g/mol. The van der Waals surface area contributed by atoms with Crippen LogP contribution < -0.4 is 9.44 Å². The van der Waals surface area contributed by atoms with Crippen LogP contribution >= 0.6 is 0 Å². The molecule has 0 saturated heterocycles. The van der Waals surface area contributed by atoms with Crippen molar-refractivity contribution in [2.75, 3.05) is 6.54 Å². The predicted octanol–water partition coefficient (Wildman–Crippen LogP) is -1.01. The number of carboxylic acids is 2. The Morgan fingerprint density at radius 3 is 2.12 bits per heavy atom. The topological polar surface area (TPSA) is 133 Å². The molecule has 0 fully saturated rings. The minimum absolute atomic E-state index is 0.0503. The molecule has 100 valence electrons. The van der Waals surface area contributed by atoms with E-state index >= 15 is 0 Å². The van der Waals surface area contributed by atoms with Gasteiger partial charge in [0.05, 0.1) is 6.42 Å². The van der Waals surface area contributed by atoms with Crippen molar-refractivity contribution in [1.82, 2.24) is 9.44 Å². The van der Waals surface area contributed by atoms with Crippen molar-refractivity contribution in [2.24, 2.45) is 5.92 Å². The number of carboxylic acid groups (broad SMARTS) is 2. The molecule has 0 aliphatic heterocycles. The first-order chi connectivity index (χ1) is 7.64. The van der Waals surface area contributed by atoms with E-state index in [9.17, 15) is 18.0 Å². The monoisotopic (exact) mass is 268 g/mol. The summed E-state index contributed by atoms with van der Waals surface area (Å²) in [6.07, 6.45) is -0.822. The van der Waals surface area contributed by atoms with E-state index in [1.807, 2.05) is 0 Å². The molecule has 0 amide bonds. The zero-order valence-electron chi connectivity index (χ0n) is 9.50. The Balaban J connectivity index is 4.53. The summed E-state index contributed by atoms with van der Waals surface area (Å²) in [5.41, 5.74) is 0. The molecule has 1 atom stereocenters. The SMILES string of the molecule is CC(C)CNS(=O)(=O)N[C@@H](CC(=O)O)C(=O)O. The number of aliphatic carboxylic acids is 2. The van der Waals surface area contributed by atoms with Crippen LogP contribution in [0.5, 0.6) is 0 Å². The smallest absolute Gasteiger partial charge is 0.322 e. The molecule has 0 aromatic rings. The third-order valence-electron chi connectivity index (χ3n) is 1.66. The van der Waals surface area contributed by atoms with Gasteiger partial charge >= 0.3 is 11.9 Å². The van der Waals surface area contributed by atoms with E-state index in [0.29, 0.717) is 0 Å². The Kier molecular flexibility index (Phi) is 6.07. The molecule has 0 saturated carbocycles. The van der Waals surface area contributed by atoms with Crippen LogP contribution in [0.1, 0.15) is 20.3 Å². The van der Waals surface area contributed by atoms with Gasteiger partial charge in [0.15, 0.2) is 0 Å². The van der Waals surface area contributed by atoms with Crippen molar-refractivity contribution in [3.63, 3.8) is 0 Å². The molecule has 4 N–H and O–H groups in total. The van der Waals surface area contributed by atoms with Crippen LogP contribution in [0.15, 0.2) is 0 Å². The second-order valence-electron chi connectivity index (χ2n) is 3.85. The molecule has 0 aromatic carbocycles. The molecule has 0 aromatic heterocycles. The Labute approximate surface area is 99.2 Å². The average Bonchev–Trinajstić information content (AvgIpc) is 2.12. The minimum Gasteiger partial charge on any atom is -0.481 e. The van der Waals surface area contributed by atoms with Crippen LogP contribution in [0.4, 0.5) is 0 Å². The molecule has 0 aliphatic carbocycles. The highest BCUT2D eigenvalue weighted by atomic mass is 32.2. The number of hydrogen-bond donors (Lipinski definition) is 4. The molecule has 0 aliphatic rings. The lowest BCUT2D eigenvalue weighted by Gasteiger charge is -2.14. The Morgan fingerprint density at radius 1 is 1.24 bits per heavy atom. The molecular formula is C8H16N2O6S. The van der Waals surface area contributed by atoms with Gasteiger partial charge in [-0.2, -0.15) is 13.1 Å². The summed E-state index contributed by atoms with van der Waals surface area (Å²) in [6, 6.07) is -1.68. The predicted molar refractivity (Wildman–Crippen MR) is 58.6 cm³/mol. The van der Waals surface area contributed by atoms with Gasteiger partial charge in [0.2, 0.25) is 0 Å².